The molecule has 0 saturated carbocycles. The van der Waals surface area contributed by atoms with E-state index in [-0.39, 0.29) is 5.91 Å². The summed E-state index contributed by atoms with van der Waals surface area (Å²) in [5, 5.41) is 3.55. The highest BCUT2D eigenvalue weighted by Crippen LogP contribution is 2.23. The molecule has 2 heterocycles. The van der Waals surface area contributed by atoms with Crippen molar-refractivity contribution in [2.24, 2.45) is 0 Å². The van der Waals surface area contributed by atoms with Crippen molar-refractivity contribution < 1.29 is 14.3 Å². The van der Waals surface area contributed by atoms with Gasteiger partial charge in [0.15, 0.2) is 0 Å². The SMILES string of the molecule is CCOCCOC(C)C(=O)Nc1nsc(N2CCCC2)n1. The Hall–Kier alpha value is -1.25. The summed E-state index contributed by atoms with van der Waals surface area (Å²) in [5.74, 6) is 0.115. The molecule has 1 aromatic heterocycles. The lowest BCUT2D eigenvalue weighted by Gasteiger charge is -2.12. The second kappa shape index (κ2) is 8.26. The highest BCUT2D eigenvalue weighted by molar-refractivity contribution is 7.09. The number of nitrogens with zero attached hydrogens (tertiary/aromatic N) is 3. The van der Waals surface area contributed by atoms with Gasteiger partial charge in [0.25, 0.3) is 5.91 Å². The van der Waals surface area contributed by atoms with E-state index >= 15 is 0 Å². The van der Waals surface area contributed by atoms with Gasteiger partial charge in [0.05, 0.1) is 13.2 Å². The van der Waals surface area contributed by atoms with Gasteiger partial charge < -0.3 is 14.4 Å². The monoisotopic (exact) mass is 314 g/mol. The van der Waals surface area contributed by atoms with Crippen LogP contribution in [-0.2, 0) is 14.3 Å². The summed E-state index contributed by atoms with van der Waals surface area (Å²) in [7, 11) is 0. The first-order valence-electron chi connectivity index (χ1n) is 7.29. The fraction of sp³-hybridized carbons (Fsp3) is 0.769. The number of anilines is 2. The van der Waals surface area contributed by atoms with Crippen LogP contribution < -0.4 is 10.2 Å². The predicted molar refractivity (Wildman–Crippen MR) is 81.9 cm³/mol. The van der Waals surface area contributed by atoms with Crippen LogP contribution >= 0.6 is 11.5 Å². The topological polar surface area (TPSA) is 76.6 Å². The number of rotatable bonds is 8. The molecule has 118 valence electrons. The van der Waals surface area contributed by atoms with Crippen LogP contribution in [0.5, 0.6) is 0 Å². The lowest BCUT2D eigenvalue weighted by Crippen LogP contribution is -2.29. The van der Waals surface area contributed by atoms with E-state index < -0.39 is 6.10 Å². The molecule has 7 nitrogen and oxygen atoms in total. The number of nitrogens with one attached hydrogen (secondary N) is 1. The molecule has 0 spiro atoms. The Balaban J connectivity index is 1.76. The lowest BCUT2D eigenvalue weighted by molar-refractivity contribution is -0.127. The zero-order valence-electron chi connectivity index (χ0n) is 12.5. The van der Waals surface area contributed by atoms with Crippen LogP contribution in [0.3, 0.4) is 0 Å². The van der Waals surface area contributed by atoms with E-state index in [0.29, 0.717) is 25.8 Å². The fourth-order valence-corrected chi connectivity index (χ4v) is 2.70. The van der Waals surface area contributed by atoms with Gasteiger partial charge in [-0.05, 0) is 26.7 Å². The summed E-state index contributed by atoms with van der Waals surface area (Å²) in [6.45, 7) is 7.18. The summed E-state index contributed by atoms with van der Waals surface area (Å²) in [6.07, 6.45) is 1.82. The maximum absolute atomic E-state index is 11.9. The highest BCUT2D eigenvalue weighted by atomic mass is 32.1. The molecule has 1 amide bonds. The van der Waals surface area contributed by atoms with Crippen LogP contribution in [0.4, 0.5) is 11.1 Å². The molecule has 0 radical (unpaired) electrons. The number of carbonyl (C=O) groups is 1. The smallest absolute Gasteiger partial charge is 0.255 e. The Morgan fingerprint density at radius 1 is 1.43 bits per heavy atom. The molecule has 8 heteroatoms. The van der Waals surface area contributed by atoms with Gasteiger partial charge in [-0.15, -0.1) is 0 Å². The molecule has 1 fully saturated rings. The molecule has 0 aliphatic carbocycles. The fourth-order valence-electron chi connectivity index (χ4n) is 2.02. The second-order valence-corrected chi connectivity index (χ2v) is 5.52. The molecule has 1 N–H and O–H groups in total. The largest absolute Gasteiger partial charge is 0.379 e. The first kappa shape index (κ1) is 16.1. The zero-order chi connectivity index (χ0) is 15.1. The third-order valence-electron chi connectivity index (χ3n) is 3.20. The van der Waals surface area contributed by atoms with Gasteiger partial charge in [0.1, 0.15) is 6.10 Å². The van der Waals surface area contributed by atoms with Gasteiger partial charge in [0.2, 0.25) is 11.1 Å². The van der Waals surface area contributed by atoms with Crippen LogP contribution in [0.1, 0.15) is 26.7 Å². The van der Waals surface area contributed by atoms with E-state index in [0.717, 1.165) is 18.2 Å². The Bertz CT molecular complexity index is 448. The van der Waals surface area contributed by atoms with Crippen molar-refractivity contribution >= 4 is 28.5 Å². The van der Waals surface area contributed by atoms with E-state index in [1.165, 1.54) is 24.4 Å². The molecule has 1 atom stereocenters. The second-order valence-electron chi connectivity index (χ2n) is 4.79. The average Bonchev–Trinajstić information content (AvgIpc) is 3.13. The zero-order valence-corrected chi connectivity index (χ0v) is 13.3. The Morgan fingerprint density at radius 2 is 2.19 bits per heavy atom. The molecule has 1 aliphatic heterocycles. The van der Waals surface area contributed by atoms with E-state index in [4.69, 9.17) is 9.47 Å². The average molecular weight is 314 g/mol. The summed E-state index contributed by atoms with van der Waals surface area (Å²) in [5.41, 5.74) is 0. The Morgan fingerprint density at radius 3 is 2.90 bits per heavy atom. The molecule has 1 saturated heterocycles. The van der Waals surface area contributed by atoms with E-state index in [1.54, 1.807) is 6.92 Å². The third-order valence-corrected chi connectivity index (χ3v) is 3.97. The minimum absolute atomic E-state index is 0.239. The summed E-state index contributed by atoms with van der Waals surface area (Å²) < 4.78 is 14.7. The predicted octanol–water partition coefficient (Wildman–Crippen LogP) is 1.52. The van der Waals surface area contributed by atoms with Gasteiger partial charge in [0, 0.05) is 31.2 Å². The number of aromatic nitrogens is 2. The van der Waals surface area contributed by atoms with Gasteiger partial charge in [-0.1, -0.05) is 0 Å². The molecule has 1 aromatic rings. The number of amides is 1. The number of hydrogen-bond donors (Lipinski definition) is 1. The van der Waals surface area contributed by atoms with Crippen molar-refractivity contribution in [2.75, 3.05) is 43.1 Å². The number of hydrogen-bond acceptors (Lipinski definition) is 7. The van der Waals surface area contributed by atoms with Crippen molar-refractivity contribution in [3.05, 3.63) is 0 Å². The van der Waals surface area contributed by atoms with Crippen LogP contribution in [0.25, 0.3) is 0 Å². The quantitative estimate of drug-likeness (QED) is 0.733. The molecule has 0 aromatic carbocycles. The molecule has 21 heavy (non-hydrogen) atoms. The Labute approximate surface area is 128 Å². The molecule has 2 rings (SSSR count). The molecule has 1 aliphatic rings. The summed E-state index contributed by atoms with van der Waals surface area (Å²) >= 11 is 1.31. The maximum atomic E-state index is 11.9. The summed E-state index contributed by atoms with van der Waals surface area (Å²) in [4.78, 5) is 18.5. The van der Waals surface area contributed by atoms with Crippen molar-refractivity contribution in [2.45, 2.75) is 32.8 Å². The van der Waals surface area contributed by atoms with E-state index in [1.807, 2.05) is 6.92 Å². The summed E-state index contributed by atoms with van der Waals surface area (Å²) in [6, 6.07) is 0. The van der Waals surface area contributed by atoms with Crippen LogP contribution in [0.2, 0.25) is 0 Å². The minimum Gasteiger partial charge on any atom is -0.379 e. The maximum Gasteiger partial charge on any atom is 0.255 e. The minimum atomic E-state index is -0.552. The highest BCUT2D eigenvalue weighted by Gasteiger charge is 2.19. The third kappa shape index (κ3) is 4.90. The van der Waals surface area contributed by atoms with Crippen LogP contribution in [0, 0.1) is 0 Å². The first-order chi connectivity index (χ1) is 10.2. The molecular formula is C13H22N4O3S. The van der Waals surface area contributed by atoms with E-state index in [9.17, 15) is 4.79 Å². The van der Waals surface area contributed by atoms with Gasteiger partial charge in [-0.3, -0.25) is 10.1 Å². The van der Waals surface area contributed by atoms with Gasteiger partial charge >= 0.3 is 0 Å². The van der Waals surface area contributed by atoms with Crippen molar-refractivity contribution in [1.82, 2.24) is 9.36 Å². The van der Waals surface area contributed by atoms with Crippen LogP contribution in [-0.4, -0.2) is 54.3 Å². The van der Waals surface area contributed by atoms with Crippen molar-refractivity contribution in [3.8, 4) is 0 Å². The Kier molecular flexibility index (Phi) is 6.34. The number of carbonyl (C=O) groups excluding carboxylic acids is 1. The molecular weight excluding hydrogens is 292 g/mol. The first-order valence-corrected chi connectivity index (χ1v) is 8.07. The van der Waals surface area contributed by atoms with Crippen LogP contribution in [0.15, 0.2) is 0 Å². The van der Waals surface area contributed by atoms with E-state index in [2.05, 4.69) is 19.6 Å². The lowest BCUT2D eigenvalue weighted by atomic mass is 10.4. The normalized spacial score (nSPS) is 16.2. The number of ether oxygens (including phenoxy) is 2. The molecule has 1 unspecified atom stereocenters. The van der Waals surface area contributed by atoms with Gasteiger partial charge in [-0.2, -0.15) is 9.36 Å². The molecule has 0 bridgehead atoms. The standard InChI is InChI=1S/C13H22N4O3S/c1-3-19-8-9-20-10(2)11(18)14-12-15-13(21-16-12)17-6-4-5-7-17/h10H,3-9H2,1-2H3,(H,14,16,18). The van der Waals surface area contributed by atoms with Crippen molar-refractivity contribution in [3.63, 3.8) is 0 Å². The van der Waals surface area contributed by atoms with Crippen molar-refractivity contribution in [1.29, 1.82) is 0 Å². The van der Waals surface area contributed by atoms with Gasteiger partial charge in [-0.25, -0.2) is 0 Å².